The topological polar surface area (TPSA) is 263 Å². The summed E-state index contributed by atoms with van der Waals surface area (Å²) in [6.45, 7) is 27.5. The number of esters is 10. The lowest BCUT2D eigenvalue weighted by Gasteiger charge is -2.48. The summed E-state index contributed by atoms with van der Waals surface area (Å²) in [6.07, 6.45) is 8.22. The lowest BCUT2D eigenvalue weighted by molar-refractivity contribution is -0.221. The van der Waals surface area contributed by atoms with Gasteiger partial charge in [-0.05, 0) is 153 Å². The van der Waals surface area contributed by atoms with Gasteiger partial charge in [0.2, 0.25) is 5.60 Å². The zero-order valence-electron chi connectivity index (χ0n) is 51.6. The van der Waals surface area contributed by atoms with E-state index < -0.39 is 56.9 Å². The molecule has 20 nitrogen and oxygen atoms in total. The maximum Gasteiger partial charge on any atom is 0.350 e. The van der Waals surface area contributed by atoms with Crippen LogP contribution in [-0.4, -0.2) is 120 Å². The van der Waals surface area contributed by atoms with Crippen LogP contribution < -0.4 is 0 Å². The van der Waals surface area contributed by atoms with E-state index in [1.807, 2.05) is 76.2 Å². The van der Waals surface area contributed by atoms with E-state index in [0.717, 1.165) is 64.2 Å². The van der Waals surface area contributed by atoms with Gasteiger partial charge in [-0.15, -0.1) is 0 Å². The number of carbonyl (C=O) groups excluding carboxylic acids is 10. The Morgan fingerprint density at radius 2 is 0.846 bits per heavy atom. The van der Waals surface area contributed by atoms with Crippen molar-refractivity contribution >= 4 is 59.7 Å². The van der Waals surface area contributed by atoms with Crippen LogP contribution in [0.15, 0.2) is 0 Å². The van der Waals surface area contributed by atoms with E-state index in [0.29, 0.717) is 25.2 Å². The van der Waals surface area contributed by atoms with Gasteiger partial charge in [-0.1, -0.05) is 87.1 Å². The lowest BCUT2D eigenvalue weighted by atomic mass is 9.74. The Bertz CT molecular complexity index is 2530. The van der Waals surface area contributed by atoms with Crippen molar-refractivity contribution in [2.45, 2.75) is 307 Å². The Balaban J connectivity index is 0.00000116. The van der Waals surface area contributed by atoms with Gasteiger partial charge in [-0.2, -0.15) is 0 Å². The molecular weight excluding hydrogens is 1170 g/mol. The first kappa shape index (κ1) is 85.7. The van der Waals surface area contributed by atoms with E-state index >= 15 is 0 Å². The van der Waals surface area contributed by atoms with Crippen LogP contribution in [0, 0.1) is 80.8 Å². The summed E-state index contributed by atoms with van der Waals surface area (Å²) in [7, 11) is 0. The fourth-order valence-corrected chi connectivity index (χ4v) is 13.7. The first-order valence-electron chi connectivity index (χ1n) is 30.7. The summed E-state index contributed by atoms with van der Waals surface area (Å²) in [6, 6.07) is 0. The Hall–Kier alpha value is -5.30. The quantitative estimate of drug-likeness (QED) is 0.0967. The second kappa shape index (κ2) is 31.8. The molecule has 0 aromatic carbocycles. The zero-order valence-corrected chi connectivity index (χ0v) is 51.6. The number of rotatable bonds is 17. The van der Waals surface area contributed by atoms with Crippen molar-refractivity contribution in [2.24, 2.45) is 80.8 Å². The lowest BCUT2D eigenvalue weighted by Crippen LogP contribution is -2.57. The van der Waals surface area contributed by atoms with Crippen LogP contribution in [0.5, 0.6) is 0 Å². The molecule has 0 aromatic heterocycles. The normalized spacial score (nSPS) is 32.8. The summed E-state index contributed by atoms with van der Waals surface area (Å²) in [5.41, 5.74) is -4.11. The molecule has 0 spiro atoms. The Morgan fingerprint density at radius 1 is 0.451 bits per heavy atom. The molecule has 13 fully saturated rings. The molecule has 91 heavy (non-hydrogen) atoms. The van der Waals surface area contributed by atoms with Crippen molar-refractivity contribution in [1.29, 1.82) is 0 Å². The number of carbonyl (C=O) groups is 10. The Kier molecular flexibility index (Phi) is 29.9. The van der Waals surface area contributed by atoms with E-state index in [2.05, 4.69) is 0 Å². The molecule has 7 aliphatic carbocycles. The minimum atomic E-state index is -1.37. The summed E-state index contributed by atoms with van der Waals surface area (Å²) in [5, 5.41) is 0. The van der Waals surface area contributed by atoms with Crippen LogP contribution in [0.1, 0.15) is 253 Å². The predicted molar refractivity (Wildman–Crippen MR) is 346 cm³/mol. The van der Waals surface area contributed by atoms with Crippen LogP contribution >= 0.6 is 0 Å². The fourth-order valence-electron chi connectivity index (χ4n) is 13.7. The van der Waals surface area contributed by atoms with Gasteiger partial charge in [-0.25, -0.2) is 4.79 Å². The van der Waals surface area contributed by atoms with Gasteiger partial charge in [0, 0.05) is 41.9 Å². The standard InChI is InChI=1S/C18H26O6.C17H24O6.C14H20O4.C14H22O4.8CH4/c1-6-17(2,3)15(20)24-18(4,5)16(21)23-12-9-7-10-11(8-9)14(19)22-13(10)12;1-4-17(2,3)16(20)21-6-5-12(18)22-13-9-7-10-11(8-9)15(19)23-14(10)13;1-4-14(2,3)13(16)18-11-8-5-7-6-9(8)12(15)17-10(7)11;1-5-13(2,3)12(16)17-10-8-9-6-7-14(10,4)18-11(9)15;;;;;;;;/h9-13H,6-8H2,1-5H3;9-11,13-14H,4-8H2,1-3H3;7-11H,4-6H2,1-3H3;9-10H,5-8H2,1-4H3;8*1H4. The molecule has 528 valence electrons. The van der Waals surface area contributed by atoms with Gasteiger partial charge in [0.05, 0.1) is 51.8 Å². The molecule has 6 aliphatic heterocycles. The van der Waals surface area contributed by atoms with Gasteiger partial charge in [0.25, 0.3) is 0 Å². The summed E-state index contributed by atoms with van der Waals surface area (Å²) in [4.78, 5) is 120. The molecule has 13 aliphatic rings. The molecular formula is C71H124O20. The Labute approximate surface area is 547 Å². The SMILES string of the molecule is C.C.C.C.C.C.C.C.CCC(C)(C)C(=O)OC(C)(C)C(=O)OC1C2CC3C(=O)OC1C3C2.CCC(C)(C)C(=O)OC1C2CC3CC2C(=O)OC31.CCC(C)(C)C(=O)OC1CC2CCC1(C)OC2=O.CCC(C)(C)C(=O)OCCC(=O)OC1C2CC3C(=O)OC1C3C2. The highest BCUT2D eigenvalue weighted by molar-refractivity contribution is 5.85. The fraction of sp³-hybridized carbons (Fsp3) is 0.859. The number of hydrogen-bond donors (Lipinski definition) is 0. The van der Waals surface area contributed by atoms with Gasteiger partial charge >= 0.3 is 59.7 Å². The summed E-state index contributed by atoms with van der Waals surface area (Å²) >= 11 is 0. The molecule has 20 heteroatoms. The molecule has 6 saturated heterocycles. The molecule has 10 bridgehead atoms. The number of hydrogen-bond acceptors (Lipinski definition) is 20. The maximum absolute atomic E-state index is 12.6. The predicted octanol–water partition coefficient (Wildman–Crippen LogP) is 13.5. The van der Waals surface area contributed by atoms with E-state index in [4.69, 9.17) is 47.4 Å². The molecule has 0 aromatic rings. The minimum absolute atomic E-state index is 0. The molecule has 18 unspecified atom stereocenters. The maximum atomic E-state index is 12.6. The van der Waals surface area contributed by atoms with Crippen LogP contribution in [0.2, 0.25) is 0 Å². The molecule has 13 rings (SSSR count). The third-order valence-electron chi connectivity index (χ3n) is 21.2. The van der Waals surface area contributed by atoms with Crippen molar-refractivity contribution < 1.29 is 95.3 Å². The van der Waals surface area contributed by atoms with Crippen LogP contribution in [0.3, 0.4) is 0 Å². The monoisotopic (exact) mass is 1300 g/mol. The second-order valence-corrected chi connectivity index (χ2v) is 28.7. The van der Waals surface area contributed by atoms with Crippen molar-refractivity contribution in [1.82, 2.24) is 0 Å². The first-order chi connectivity index (χ1) is 38.6. The van der Waals surface area contributed by atoms with Crippen LogP contribution in [-0.2, 0) is 95.3 Å². The molecule has 0 radical (unpaired) electrons. The molecule has 0 N–H and O–H groups in total. The molecule has 0 amide bonds. The average molecular weight is 1300 g/mol. The van der Waals surface area contributed by atoms with Gasteiger partial charge in [0.1, 0.15) is 54.9 Å². The second-order valence-electron chi connectivity index (χ2n) is 28.7. The molecule has 7 saturated carbocycles. The van der Waals surface area contributed by atoms with E-state index in [1.54, 1.807) is 13.8 Å². The zero-order chi connectivity index (χ0) is 61.3. The van der Waals surface area contributed by atoms with E-state index in [-0.39, 0.29) is 204 Å². The Morgan fingerprint density at radius 3 is 1.30 bits per heavy atom. The van der Waals surface area contributed by atoms with Crippen molar-refractivity contribution in [3.8, 4) is 0 Å². The molecule has 6 heterocycles. The van der Waals surface area contributed by atoms with E-state index in [1.165, 1.54) is 13.8 Å². The van der Waals surface area contributed by atoms with Gasteiger partial charge in [-0.3, -0.25) is 43.2 Å². The van der Waals surface area contributed by atoms with Crippen molar-refractivity contribution in [2.75, 3.05) is 6.61 Å². The third kappa shape index (κ3) is 17.0. The summed E-state index contributed by atoms with van der Waals surface area (Å²) < 4.78 is 54.6. The third-order valence-corrected chi connectivity index (χ3v) is 21.2. The van der Waals surface area contributed by atoms with Crippen molar-refractivity contribution in [3.05, 3.63) is 0 Å². The van der Waals surface area contributed by atoms with Gasteiger partial charge in [0.15, 0.2) is 0 Å². The average Bonchev–Trinajstić information content (AvgIpc) is 1.63. The highest BCUT2D eigenvalue weighted by Crippen LogP contribution is 2.58. The molecule has 18 atom stereocenters. The first-order valence-corrected chi connectivity index (χ1v) is 30.7. The highest BCUT2D eigenvalue weighted by atomic mass is 16.6. The van der Waals surface area contributed by atoms with Crippen LogP contribution in [0.25, 0.3) is 0 Å². The largest absolute Gasteiger partial charge is 0.465 e. The highest BCUT2D eigenvalue weighted by Gasteiger charge is 2.66. The smallest absolute Gasteiger partial charge is 0.350 e. The van der Waals surface area contributed by atoms with Crippen molar-refractivity contribution in [3.63, 3.8) is 0 Å². The minimum Gasteiger partial charge on any atom is -0.465 e. The summed E-state index contributed by atoms with van der Waals surface area (Å²) in [5.74, 6) is -1.31. The number of fused-ring (bicyclic) bond motifs is 6. The number of ether oxygens (including phenoxy) is 10. The van der Waals surface area contributed by atoms with Crippen LogP contribution in [0.4, 0.5) is 0 Å². The van der Waals surface area contributed by atoms with Gasteiger partial charge < -0.3 is 47.4 Å². The van der Waals surface area contributed by atoms with E-state index in [9.17, 15) is 47.9 Å².